The van der Waals surface area contributed by atoms with Crippen LogP contribution in [0.5, 0.6) is 0 Å². The zero-order valence-electron chi connectivity index (χ0n) is 12.0. The monoisotopic (exact) mass is 275 g/mol. The SMILES string of the molecule is CCN(Cc1cc(F)cc(C#N)c1)CC1CCNCC1. The van der Waals surface area contributed by atoms with E-state index in [0.717, 1.165) is 37.7 Å². The van der Waals surface area contributed by atoms with Gasteiger partial charge in [-0.15, -0.1) is 0 Å². The van der Waals surface area contributed by atoms with E-state index in [-0.39, 0.29) is 5.82 Å². The van der Waals surface area contributed by atoms with Crippen LogP contribution < -0.4 is 5.32 Å². The molecule has 0 amide bonds. The molecule has 3 nitrogen and oxygen atoms in total. The van der Waals surface area contributed by atoms with Gasteiger partial charge in [0.05, 0.1) is 11.6 Å². The van der Waals surface area contributed by atoms with Crippen LogP contribution in [0.15, 0.2) is 18.2 Å². The fraction of sp³-hybridized carbons (Fsp3) is 0.562. The molecule has 20 heavy (non-hydrogen) atoms. The van der Waals surface area contributed by atoms with Crippen molar-refractivity contribution in [2.45, 2.75) is 26.3 Å². The molecule has 1 heterocycles. The number of rotatable bonds is 5. The van der Waals surface area contributed by atoms with E-state index in [9.17, 15) is 4.39 Å². The van der Waals surface area contributed by atoms with Gasteiger partial charge in [0.2, 0.25) is 0 Å². The number of hydrogen-bond donors (Lipinski definition) is 1. The molecule has 1 aromatic carbocycles. The van der Waals surface area contributed by atoms with Crippen molar-refractivity contribution in [1.29, 1.82) is 5.26 Å². The molecule has 0 spiro atoms. The predicted molar refractivity (Wildman–Crippen MR) is 77.7 cm³/mol. The Morgan fingerprint density at radius 2 is 2.10 bits per heavy atom. The molecule has 1 saturated heterocycles. The lowest BCUT2D eigenvalue weighted by atomic mass is 9.97. The Bertz CT molecular complexity index is 475. The van der Waals surface area contributed by atoms with Crippen molar-refractivity contribution in [1.82, 2.24) is 10.2 Å². The third kappa shape index (κ3) is 4.29. The van der Waals surface area contributed by atoms with Gasteiger partial charge >= 0.3 is 0 Å². The minimum atomic E-state index is -0.322. The van der Waals surface area contributed by atoms with Gasteiger partial charge in [-0.1, -0.05) is 6.92 Å². The number of hydrogen-bond acceptors (Lipinski definition) is 3. The van der Waals surface area contributed by atoms with E-state index >= 15 is 0 Å². The maximum absolute atomic E-state index is 13.4. The molecule has 4 heteroatoms. The highest BCUT2D eigenvalue weighted by Crippen LogP contribution is 2.16. The van der Waals surface area contributed by atoms with Crippen molar-refractivity contribution in [2.75, 3.05) is 26.2 Å². The first-order valence-corrected chi connectivity index (χ1v) is 7.34. The molecule has 1 N–H and O–H groups in total. The summed E-state index contributed by atoms with van der Waals surface area (Å²) < 4.78 is 13.4. The maximum atomic E-state index is 13.4. The Morgan fingerprint density at radius 3 is 2.75 bits per heavy atom. The zero-order chi connectivity index (χ0) is 14.4. The number of piperidine rings is 1. The first-order chi connectivity index (χ1) is 9.71. The summed E-state index contributed by atoms with van der Waals surface area (Å²) in [7, 11) is 0. The van der Waals surface area contributed by atoms with Crippen LogP contribution in [0.2, 0.25) is 0 Å². The maximum Gasteiger partial charge on any atom is 0.124 e. The van der Waals surface area contributed by atoms with Crippen molar-refractivity contribution in [3.05, 3.63) is 35.1 Å². The molecule has 1 fully saturated rings. The third-order valence-electron chi connectivity index (χ3n) is 3.92. The fourth-order valence-electron chi connectivity index (χ4n) is 2.80. The summed E-state index contributed by atoms with van der Waals surface area (Å²) in [6, 6.07) is 6.62. The minimum Gasteiger partial charge on any atom is -0.317 e. The van der Waals surface area contributed by atoms with Gasteiger partial charge in [0.15, 0.2) is 0 Å². The topological polar surface area (TPSA) is 39.1 Å². The summed E-state index contributed by atoms with van der Waals surface area (Å²) in [5.41, 5.74) is 1.29. The Kier molecular flexibility index (Phi) is 5.51. The van der Waals surface area contributed by atoms with Gasteiger partial charge in [0, 0.05) is 13.1 Å². The van der Waals surface area contributed by atoms with Crippen molar-refractivity contribution in [2.24, 2.45) is 5.92 Å². The molecule has 0 atom stereocenters. The van der Waals surface area contributed by atoms with Crippen LogP contribution in [-0.4, -0.2) is 31.1 Å². The first-order valence-electron chi connectivity index (χ1n) is 7.34. The number of nitriles is 1. The number of nitrogens with one attached hydrogen (secondary N) is 1. The highest BCUT2D eigenvalue weighted by molar-refractivity contribution is 5.33. The lowest BCUT2D eigenvalue weighted by Crippen LogP contribution is -2.35. The second-order valence-electron chi connectivity index (χ2n) is 5.48. The molecule has 0 bridgehead atoms. The average molecular weight is 275 g/mol. The smallest absolute Gasteiger partial charge is 0.124 e. The van der Waals surface area contributed by atoms with Crippen molar-refractivity contribution in [3.63, 3.8) is 0 Å². The number of halogens is 1. The van der Waals surface area contributed by atoms with Crippen molar-refractivity contribution < 1.29 is 4.39 Å². The lowest BCUT2D eigenvalue weighted by molar-refractivity contribution is 0.207. The van der Waals surface area contributed by atoms with Gasteiger partial charge < -0.3 is 5.32 Å². The molecule has 0 aromatic heterocycles. The van der Waals surface area contributed by atoms with E-state index in [1.807, 2.05) is 6.07 Å². The Morgan fingerprint density at radius 1 is 1.35 bits per heavy atom. The largest absolute Gasteiger partial charge is 0.317 e. The summed E-state index contributed by atoms with van der Waals surface area (Å²) in [5, 5.41) is 12.3. The lowest BCUT2D eigenvalue weighted by Gasteiger charge is -2.29. The molecule has 0 radical (unpaired) electrons. The normalized spacial score (nSPS) is 16.3. The Labute approximate surface area is 120 Å². The van der Waals surface area contributed by atoms with Crippen LogP contribution in [0.3, 0.4) is 0 Å². The summed E-state index contributed by atoms with van der Waals surface area (Å²) in [6.07, 6.45) is 2.42. The predicted octanol–water partition coefficient (Wildman–Crippen LogP) is 2.52. The summed E-state index contributed by atoms with van der Waals surface area (Å²) in [5.74, 6) is 0.400. The van der Waals surface area contributed by atoms with Crippen LogP contribution in [0.25, 0.3) is 0 Å². The van der Waals surface area contributed by atoms with E-state index < -0.39 is 0 Å². The van der Waals surface area contributed by atoms with Crippen molar-refractivity contribution in [3.8, 4) is 6.07 Å². The second kappa shape index (κ2) is 7.37. The van der Waals surface area contributed by atoms with Gasteiger partial charge in [-0.3, -0.25) is 4.90 Å². The summed E-state index contributed by atoms with van der Waals surface area (Å²) in [4.78, 5) is 2.34. The van der Waals surface area contributed by atoms with Gasteiger partial charge in [-0.25, -0.2) is 4.39 Å². The number of nitrogens with zero attached hydrogens (tertiary/aromatic N) is 2. The van der Waals surface area contributed by atoms with Crippen LogP contribution in [0, 0.1) is 23.1 Å². The van der Waals surface area contributed by atoms with Gasteiger partial charge in [0.1, 0.15) is 5.82 Å². The van der Waals surface area contributed by atoms with E-state index in [0.29, 0.717) is 12.1 Å². The van der Waals surface area contributed by atoms with Crippen LogP contribution in [0.4, 0.5) is 4.39 Å². The molecule has 0 saturated carbocycles. The van der Waals surface area contributed by atoms with E-state index in [2.05, 4.69) is 17.1 Å². The first kappa shape index (κ1) is 15.0. The second-order valence-corrected chi connectivity index (χ2v) is 5.48. The Hall–Kier alpha value is -1.44. The van der Waals surface area contributed by atoms with E-state index in [4.69, 9.17) is 5.26 Å². The Balaban J connectivity index is 1.98. The quantitative estimate of drug-likeness (QED) is 0.897. The molecule has 0 aliphatic carbocycles. The minimum absolute atomic E-state index is 0.322. The standard InChI is InChI=1S/C16H22FN3/c1-2-20(11-13-3-5-19-6-4-13)12-15-7-14(10-18)8-16(17)9-15/h7-9,13,19H,2-6,11-12H2,1H3. The third-order valence-corrected chi connectivity index (χ3v) is 3.92. The molecule has 108 valence electrons. The molecule has 2 rings (SSSR count). The molecule has 0 unspecified atom stereocenters. The molecule has 1 aromatic rings. The van der Waals surface area contributed by atoms with Crippen LogP contribution >= 0.6 is 0 Å². The highest BCUT2D eigenvalue weighted by atomic mass is 19.1. The van der Waals surface area contributed by atoms with Gasteiger partial charge in [0.25, 0.3) is 0 Å². The van der Waals surface area contributed by atoms with Gasteiger partial charge in [-0.05, 0) is 62.2 Å². The molecular formula is C16H22FN3. The van der Waals surface area contributed by atoms with Crippen LogP contribution in [-0.2, 0) is 6.54 Å². The highest BCUT2D eigenvalue weighted by Gasteiger charge is 2.16. The average Bonchev–Trinajstić information content (AvgIpc) is 2.47. The van der Waals surface area contributed by atoms with Crippen molar-refractivity contribution >= 4 is 0 Å². The fourth-order valence-corrected chi connectivity index (χ4v) is 2.80. The van der Waals surface area contributed by atoms with Crippen LogP contribution in [0.1, 0.15) is 30.9 Å². The van der Waals surface area contributed by atoms with Gasteiger partial charge in [-0.2, -0.15) is 5.26 Å². The van der Waals surface area contributed by atoms with E-state index in [1.165, 1.54) is 25.0 Å². The molecule has 1 aliphatic heterocycles. The van der Waals surface area contributed by atoms with E-state index in [1.54, 1.807) is 6.07 Å². The summed E-state index contributed by atoms with van der Waals surface area (Å²) in [6.45, 7) is 7.04. The molecular weight excluding hydrogens is 253 g/mol. The summed E-state index contributed by atoms with van der Waals surface area (Å²) >= 11 is 0. The molecule has 1 aliphatic rings. The number of benzene rings is 1. The zero-order valence-corrected chi connectivity index (χ0v) is 12.0.